The SMILES string of the molecule is N=Cc1c(Nc2ccccc2)ccc2c3ccccc3n(-c3ccc(-c4nc(-c5ccccc5)nc(-c5ccccc5)n4)cc3)c12. The summed E-state index contributed by atoms with van der Waals surface area (Å²) in [5.41, 5.74) is 8.45. The third kappa shape index (κ3) is 4.88. The third-order valence-corrected chi connectivity index (χ3v) is 8.16. The predicted octanol–water partition coefficient (Wildman–Crippen LogP) is 9.71. The quantitative estimate of drug-likeness (QED) is 0.181. The molecule has 2 heterocycles. The Hall–Kier alpha value is -6.40. The fraction of sp³-hybridized carbons (Fsp3) is 0. The molecular formula is C40H28N6. The van der Waals surface area contributed by atoms with E-state index in [1.165, 1.54) is 6.21 Å². The van der Waals surface area contributed by atoms with E-state index in [2.05, 4.69) is 70.5 Å². The lowest BCUT2D eigenvalue weighted by molar-refractivity contribution is 1.07. The van der Waals surface area contributed by atoms with Crippen molar-refractivity contribution in [3.8, 4) is 39.9 Å². The average molecular weight is 593 g/mol. The molecule has 0 radical (unpaired) electrons. The number of fused-ring (bicyclic) bond motifs is 3. The Morgan fingerprint density at radius 3 is 1.61 bits per heavy atom. The number of benzene rings is 6. The van der Waals surface area contributed by atoms with Crippen LogP contribution < -0.4 is 5.32 Å². The lowest BCUT2D eigenvalue weighted by Crippen LogP contribution is -2.02. The Morgan fingerprint density at radius 2 is 1.02 bits per heavy atom. The second kappa shape index (κ2) is 11.6. The van der Waals surface area contributed by atoms with Crippen LogP contribution in [0.2, 0.25) is 0 Å². The van der Waals surface area contributed by atoms with Gasteiger partial charge in [-0.3, -0.25) is 0 Å². The fourth-order valence-corrected chi connectivity index (χ4v) is 5.98. The van der Waals surface area contributed by atoms with Crippen molar-refractivity contribution in [2.75, 3.05) is 5.32 Å². The summed E-state index contributed by atoms with van der Waals surface area (Å²) in [4.78, 5) is 14.6. The first-order valence-electron chi connectivity index (χ1n) is 15.1. The van der Waals surface area contributed by atoms with Crippen LogP contribution in [0.4, 0.5) is 11.4 Å². The van der Waals surface area contributed by atoms with Crippen LogP contribution in [0.15, 0.2) is 152 Å². The van der Waals surface area contributed by atoms with Gasteiger partial charge in [0.25, 0.3) is 0 Å². The van der Waals surface area contributed by atoms with Crippen molar-refractivity contribution in [3.05, 3.63) is 157 Å². The van der Waals surface area contributed by atoms with E-state index in [1.54, 1.807) is 0 Å². The number of hydrogen-bond acceptors (Lipinski definition) is 5. The largest absolute Gasteiger partial charge is 0.355 e. The number of nitrogens with zero attached hydrogens (tertiary/aromatic N) is 4. The average Bonchev–Trinajstić information content (AvgIpc) is 3.47. The van der Waals surface area contributed by atoms with Gasteiger partial charge in [0.05, 0.1) is 11.0 Å². The fourth-order valence-electron chi connectivity index (χ4n) is 5.98. The minimum absolute atomic E-state index is 0.607. The zero-order chi connectivity index (χ0) is 30.9. The van der Waals surface area contributed by atoms with Crippen molar-refractivity contribution >= 4 is 39.4 Å². The molecule has 2 aromatic heterocycles. The summed E-state index contributed by atoms with van der Waals surface area (Å²) in [6.07, 6.45) is 1.44. The van der Waals surface area contributed by atoms with E-state index in [0.29, 0.717) is 17.5 Å². The smallest absolute Gasteiger partial charge is 0.164 e. The maximum atomic E-state index is 8.49. The zero-order valence-corrected chi connectivity index (χ0v) is 24.8. The Morgan fingerprint density at radius 1 is 0.500 bits per heavy atom. The predicted molar refractivity (Wildman–Crippen MR) is 188 cm³/mol. The van der Waals surface area contributed by atoms with Gasteiger partial charge < -0.3 is 15.3 Å². The number of hydrogen-bond donors (Lipinski definition) is 2. The van der Waals surface area contributed by atoms with Crippen LogP contribution in [0.3, 0.4) is 0 Å². The number of para-hydroxylation sites is 2. The second-order valence-electron chi connectivity index (χ2n) is 11.0. The highest BCUT2D eigenvalue weighted by molar-refractivity contribution is 6.16. The molecule has 6 nitrogen and oxygen atoms in total. The molecule has 0 bridgehead atoms. The molecule has 0 spiro atoms. The first-order chi connectivity index (χ1) is 22.8. The summed E-state index contributed by atoms with van der Waals surface area (Å²) in [7, 11) is 0. The number of aromatic nitrogens is 4. The van der Waals surface area contributed by atoms with Gasteiger partial charge in [-0.25, -0.2) is 15.0 Å². The lowest BCUT2D eigenvalue weighted by Gasteiger charge is -2.14. The summed E-state index contributed by atoms with van der Waals surface area (Å²) in [6, 6.07) is 51.0. The molecule has 0 unspecified atom stereocenters. The lowest BCUT2D eigenvalue weighted by atomic mass is 10.1. The molecule has 8 rings (SSSR count). The number of nitrogens with one attached hydrogen (secondary N) is 2. The number of rotatable bonds is 7. The van der Waals surface area contributed by atoms with Crippen LogP contribution in [0.5, 0.6) is 0 Å². The van der Waals surface area contributed by atoms with Crippen molar-refractivity contribution in [1.82, 2.24) is 19.5 Å². The van der Waals surface area contributed by atoms with Crippen LogP contribution in [0, 0.1) is 5.41 Å². The molecule has 46 heavy (non-hydrogen) atoms. The van der Waals surface area contributed by atoms with Crippen molar-refractivity contribution in [2.45, 2.75) is 0 Å². The maximum Gasteiger partial charge on any atom is 0.164 e. The molecule has 0 aliphatic heterocycles. The van der Waals surface area contributed by atoms with E-state index < -0.39 is 0 Å². The molecule has 6 heteroatoms. The van der Waals surface area contributed by atoms with E-state index in [1.807, 2.05) is 91.0 Å². The highest BCUT2D eigenvalue weighted by Gasteiger charge is 2.18. The molecule has 6 aromatic carbocycles. The van der Waals surface area contributed by atoms with Crippen molar-refractivity contribution in [1.29, 1.82) is 5.41 Å². The Bertz CT molecular complexity index is 2270. The monoisotopic (exact) mass is 592 g/mol. The topological polar surface area (TPSA) is 79.5 Å². The molecule has 0 aliphatic carbocycles. The molecule has 0 fully saturated rings. The minimum Gasteiger partial charge on any atom is -0.355 e. The molecular weight excluding hydrogens is 564 g/mol. The van der Waals surface area contributed by atoms with Gasteiger partial charge >= 0.3 is 0 Å². The second-order valence-corrected chi connectivity index (χ2v) is 11.0. The first-order valence-corrected chi connectivity index (χ1v) is 15.1. The molecule has 0 atom stereocenters. The van der Waals surface area contributed by atoms with E-state index in [9.17, 15) is 0 Å². The molecule has 8 aromatic rings. The van der Waals surface area contributed by atoms with Gasteiger partial charge in [0, 0.05) is 56.3 Å². The molecule has 218 valence electrons. The Balaban J connectivity index is 1.27. The normalized spacial score (nSPS) is 11.1. The van der Waals surface area contributed by atoms with Crippen LogP contribution in [-0.2, 0) is 0 Å². The highest BCUT2D eigenvalue weighted by Crippen LogP contribution is 2.37. The summed E-state index contributed by atoms with van der Waals surface area (Å²) < 4.78 is 2.24. The van der Waals surface area contributed by atoms with E-state index >= 15 is 0 Å². The van der Waals surface area contributed by atoms with Crippen molar-refractivity contribution < 1.29 is 0 Å². The van der Waals surface area contributed by atoms with Crippen LogP contribution in [0.25, 0.3) is 61.7 Å². The Kier molecular flexibility index (Phi) is 6.85. The summed E-state index contributed by atoms with van der Waals surface area (Å²) in [5, 5.41) is 14.2. The van der Waals surface area contributed by atoms with Crippen LogP contribution in [-0.4, -0.2) is 25.7 Å². The standard InChI is InChI=1S/C40H28N6/c41-26-34-35(42-30-16-8-3-9-17-30)25-24-33-32-18-10-11-19-36(32)46(37(33)34)31-22-20-29(21-23-31)40-44-38(27-12-4-1-5-13-27)43-39(45-40)28-14-6-2-7-15-28/h1-26,41-42H. The van der Waals surface area contributed by atoms with E-state index in [4.69, 9.17) is 20.4 Å². The Labute approximate surface area is 266 Å². The van der Waals surface area contributed by atoms with Gasteiger partial charge in [0.2, 0.25) is 0 Å². The maximum absolute atomic E-state index is 8.49. The third-order valence-electron chi connectivity index (χ3n) is 8.16. The van der Waals surface area contributed by atoms with Crippen LogP contribution in [0.1, 0.15) is 5.56 Å². The van der Waals surface area contributed by atoms with Gasteiger partial charge in [-0.1, -0.05) is 103 Å². The van der Waals surface area contributed by atoms with Gasteiger partial charge in [-0.15, -0.1) is 0 Å². The van der Waals surface area contributed by atoms with E-state index in [-0.39, 0.29) is 0 Å². The molecule has 0 amide bonds. The summed E-state index contributed by atoms with van der Waals surface area (Å²) in [5.74, 6) is 1.87. The number of anilines is 2. The summed E-state index contributed by atoms with van der Waals surface area (Å²) in [6.45, 7) is 0. The zero-order valence-electron chi connectivity index (χ0n) is 24.8. The first kappa shape index (κ1) is 27.2. The molecule has 0 aliphatic rings. The molecule has 2 N–H and O–H groups in total. The van der Waals surface area contributed by atoms with Gasteiger partial charge in [-0.2, -0.15) is 0 Å². The summed E-state index contributed by atoms with van der Waals surface area (Å²) >= 11 is 0. The van der Waals surface area contributed by atoms with Gasteiger partial charge in [0.1, 0.15) is 0 Å². The molecule has 0 saturated heterocycles. The van der Waals surface area contributed by atoms with Crippen molar-refractivity contribution in [2.24, 2.45) is 0 Å². The van der Waals surface area contributed by atoms with Crippen LogP contribution >= 0.6 is 0 Å². The van der Waals surface area contributed by atoms with Gasteiger partial charge in [-0.05, 0) is 48.5 Å². The van der Waals surface area contributed by atoms with Gasteiger partial charge in [0.15, 0.2) is 17.5 Å². The van der Waals surface area contributed by atoms with E-state index in [0.717, 1.165) is 61.1 Å². The highest BCUT2D eigenvalue weighted by atomic mass is 15.0. The van der Waals surface area contributed by atoms with Crippen molar-refractivity contribution in [3.63, 3.8) is 0 Å². The molecule has 0 saturated carbocycles. The minimum atomic E-state index is 0.607.